The van der Waals surface area contributed by atoms with E-state index in [2.05, 4.69) is 20.2 Å². The van der Waals surface area contributed by atoms with Gasteiger partial charge in [-0.3, -0.25) is 14.7 Å². The number of halogens is 3. The number of hydrogen-bond donors (Lipinski definition) is 3. The van der Waals surface area contributed by atoms with Crippen molar-refractivity contribution >= 4 is 34.2 Å². The number of carbonyl (C=O) groups is 1. The lowest BCUT2D eigenvalue weighted by atomic mass is 9.89. The first kappa shape index (κ1) is 31.3. The predicted molar refractivity (Wildman–Crippen MR) is 170 cm³/mol. The van der Waals surface area contributed by atoms with Gasteiger partial charge in [-0.15, -0.1) is 0 Å². The highest BCUT2D eigenvalue weighted by Gasteiger charge is 2.49. The van der Waals surface area contributed by atoms with Crippen molar-refractivity contribution in [1.82, 2.24) is 25.2 Å². The highest BCUT2D eigenvalue weighted by atomic mass is 35.5. The largest absolute Gasteiger partial charge is 0.508 e. The number of phenols is 1. The van der Waals surface area contributed by atoms with Crippen molar-refractivity contribution in [3.63, 3.8) is 0 Å². The number of ether oxygens (including phenoxy) is 1. The summed E-state index contributed by atoms with van der Waals surface area (Å²) in [5.74, 6) is -0.564. The average molecular weight is 657 g/mol. The summed E-state index contributed by atoms with van der Waals surface area (Å²) in [5, 5.41) is 25.6. The van der Waals surface area contributed by atoms with Crippen molar-refractivity contribution in [3.8, 4) is 23.0 Å². The van der Waals surface area contributed by atoms with Gasteiger partial charge in [0, 0.05) is 55.8 Å². The van der Waals surface area contributed by atoms with Crippen LogP contribution in [0.1, 0.15) is 63.4 Å². The van der Waals surface area contributed by atoms with Crippen LogP contribution < -0.4 is 15.0 Å². The first-order valence-corrected chi connectivity index (χ1v) is 16.6. The Balaban J connectivity index is 1.35. The Morgan fingerprint density at radius 1 is 1.11 bits per heavy atom. The van der Waals surface area contributed by atoms with E-state index in [9.17, 15) is 19.4 Å². The standard InChI is InChI=1S/C33H39ClF2N6O4/c34-25-14-21(43)13-23-22(25)5-1-2-6-26(44)37-10-9-33(45)8-4-11-41(18-33)30-24-16-38-28(23)27(36)29(24)39-31(40-30)46-19-32-7-3-12-42(32)17-20(35)15-32/h13-14,16,20,43,45H,1-12,15,17-19H2,(H,37,44). The molecule has 246 valence electrons. The van der Waals surface area contributed by atoms with Gasteiger partial charge in [-0.25, -0.2) is 8.78 Å². The number of rotatable bonds is 3. The molecule has 0 radical (unpaired) electrons. The number of aromatic nitrogens is 3. The summed E-state index contributed by atoms with van der Waals surface area (Å²) in [4.78, 5) is 30.4. The third kappa shape index (κ3) is 5.95. The Morgan fingerprint density at radius 2 is 1.93 bits per heavy atom. The van der Waals surface area contributed by atoms with E-state index in [1.165, 1.54) is 18.3 Å². The van der Waals surface area contributed by atoms with Gasteiger partial charge in [-0.05, 0) is 75.6 Å². The first-order valence-electron chi connectivity index (χ1n) is 16.3. The summed E-state index contributed by atoms with van der Waals surface area (Å²) in [6, 6.07) is 2.82. The Hall–Kier alpha value is -3.35. The van der Waals surface area contributed by atoms with Crippen LogP contribution in [-0.4, -0.2) is 92.6 Å². The molecule has 3 atom stereocenters. The molecular weight excluding hydrogens is 618 g/mol. The third-order valence-electron chi connectivity index (χ3n) is 10.2. The Labute approximate surface area is 271 Å². The van der Waals surface area contributed by atoms with Crippen molar-refractivity contribution < 1.29 is 28.5 Å². The number of nitrogens with one attached hydrogen (secondary N) is 1. The third-order valence-corrected chi connectivity index (χ3v) is 10.5. The zero-order valence-electron chi connectivity index (χ0n) is 25.7. The summed E-state index contributed by atoms with van der Waals surface area (Å²) < 4.78 is 37.4. The van der Waals surface area contributed by atoms with Crippen LogP contribution in [-0.2, 0) is 11.2 Å². The Kier molecular flexibility index (Phi) is 8.39. The lowest BCUT2D eigenvalue weighted by Gasteiger charge is -2.40. The summed E-state index contributed by atoms with van der Waals surface area (Å²) in [6.07, 6.45) is 6.18. The molecule has 13 heteroatoms. The van der Waals surface area contributed by atoms with Gasteiger partial charge in [0.2, 0.25) is 5.91 Å². The topological polar surface area (TPSA) is 124 Å². The number of fused-ring (bicyclic) bond motifs is 9. The Bertz CT molecular complexity index is 1660. The molecule has 1 amide bonds. The van der Waals surface area contributed by atoms with Gasteiger partial charge in [-0.2, -0.15) is 9.97 Å². The lowest BCUT2D eigenvalue weighted by Crippen LogP contribution is -2.50. The van der Waals surface area contributed by atoms with Crippen LogP contribution in [0.25, 0.3) is 22.2 Å². The van der Waals surface area contributed by atoms with Gasteiger partial charge in [0.1, 0.15) is 35.6 Å². The van der Waals surface area contributed by atoms with Crippen LogP contribution in [0.5, 0.6) is 11.8 Å². The van der Waals surface area contributed by atoms with Gasteiger partial charge >= 0.3 is 6.01 Å². The fourth-order valence-corrected chi connectivity index (χ4v) is 8.17. The number of amides is 1. The Morgan fingerprint density at radius 3 is 2.80 bits per heavy atom. The summed E-state index contributed by atoms with van der Waals surface area (Å²) in [7, 11) is 0. The molecule has 46 heavy (non-hydrogen) atoms. The first-order chi connectivity index (χ1) is 22.1. The number of benzene rings is 1. The van der Waals surface area contributed by atoms with Crippen molar-refractivity contribution in [1.29, 1.82) is 0 Å². The molecule has 5 aliphatic heterocycles. The molecule has 5 aliphatic rings. The second kappa shape index (κ2) is 12.4. The molecule has 3 fully saturated rings. The van der Waals surface area contributed by atoms with E-state index in [0.29, 0.717) is 93.3 Å². The molecule has 3 N–H and O–H groups in total. The summed E-state index contributed by atoms with van der Waals surface area (Å²) >= 11 is 6.58. The van der Waals surface area contributed by atoms with Crippen LogP contribution in [0.3, 0.4) is 0 Å². The van der Waals surface area contributed by atoms with Gasteiger partial charge in [-0.1, -0.05) is 11.6 Å². The number of aliphatic hydroxyl groups is 1. The summed E-state index contributed by atoms with van der Waals surface area (Å²) in [6.45, 7) is 2.44. The van der Waals surface area contributed by atoms with Crippen molar-refractivity contribution in [3.05, 3.63) is 34.7 Å². The number of alkyl halides is 1. The fourth-order valence-electron chi connectivity index (χ4n) is 7.86. The van der Waals surface area contributed by atoms with Crippen molar-refractivity contribution in [2.24, 2.45) is 0 Å². The van der Waals surface area contributed by atoms with E-state index in [0.717, 1.165) is 19.4 Å². The number of anilines is 1. The van der Waals surface area contributed by atoms with Gasteiger partial charge in [0.25, 0.3) is 0 Å². The van der Waals surface area contributed by atoms with E-state index >= 15 is 4.39 Å². The van der Waals surface area contributed by atoms with Gasteiger partial charge in [0.05, 0.1) is 16.5 Å². The van der Waals surface area contributed by atoms with Crippen LogP contribution in [0.15, 0.2) is 18.3 Å². The molecule has 0 aliphatic carbocycles. The molecule has 0 saturated carbocycles. The average Bonchev–Trinajstić information content (AvgIpc) is 3.54. The molecule has 0 spiro atoms. The number of piperidine rings is 1. The highest BCUT2D eigenvalue weighted by molar-refractivity contribution is 6.32. The second-order valence-corrected chi connectivity index (χ2v) is 13.8. The minimum atomic E-state index is -1.10. The van der Waals surface area contributed by atoms with E-state index in [1.807, 2.05) is 4.90 Å². The molecule has 7 heterocycles. The predicted octanol–water partition coefficient (Wildman–Crippen LogP) is 4.71. The van der Waals surface area contributed by atoms with Gasteiger partial charge in [0.15, 0.2) is 5.82 Å². The van der Waals surface area contributed by atoms with E-state index < -0.39 is 23.1 Å². The number of aromatic hydroxyl groups is 1. The van der Waals surface area contributed by atoms with Crippen LogP contribution >= 0.6 is 11.6 Å². The molecule has 10 nitrogen and oxygen atoms in total. The van der Waals surface area contributed by atoms with Crippen molar-refractivity contribution in [2.45, 2.75) is 81.5 Å². The number of pyridine rings is 1. The number of hydrogen-bond acceptors (Lipinski definition) is 9. The maximum Gasteiger partial charge on any atom is 0.319 e. The molecule has 3 unspecified atom stereocenters. The normalized spacial score (nSPS) is 27.3. The number of phenolic OH excluding ortho intramolecular Hbond substituents is 1. The minimum absolute atomic E-state index is 0.00604. The molecule has 2 aromatic heterocycles. The second-order valence-electron chi connectivity index (χ2n) is 13.4. The van der Waals surface area contributed by atoms with E-state index in [4.69, 9.17) is 21.3 Å². The van der Waals surface area contributed by atoms with Crippen LogP contribution in [0.2, 0.25) is 5.02 Å². The number of carbonyl (C=O) groups excluding carboxylic acids is 1. The van der Waals surface area contributed by atoms with E-state index in [1.54, 1.807) is 0 Å². The maximum absolute atomic E-state index is 16.7. The molecule has 1 aromatic carbocycles. The zero-order valence-corrected chi connectivity index (χ0v) is 26.5. The molecule has 8 rings (SSSR count). The highest BCUT2D eigenvalue weighted by Crippen LogP contribution is 2.42. The number of nitrogens with zero attached hydrogens (tertiary/aromatic N) is 5. The molecule has 3 saturated heterocycles. The monoisotopic (exact) mass is 656 g/mol. The van der Waals surface area contributed by atoms with Gasteiger partial charge < -0.3 is 25.2 Å². The zero-order chi connectivity index (χ0) is 32.1. The van der Waals surface area contributed by atoms with Crippen LogP contribution in [0, 0.1) is 5.82 Å². The van der Waals surface area contributed by atoms with Crippen molar-refractivity contribution in [2.75, 3.05) is 44.2 Å². The molecular formula is C33H39ClF2N6O4. The van der Waals surface area contributed by atoms with E-state index in [-0.39, 0.29) is 47.1 Å². The molecule has 6 bridgehead atoms. The lowest BCUT2D eigenvalue weighted by molar-refractivity contribution is -0.121. The SMILES string of the molecule is O=C1CCCCc2c(Cl)cc(O)cc2-c2ncc3c(nc(OCC45CCCN4CC(F)C5)nc3c2F)N2CCCC(O)(CCN1)C2. The fraction of sp³-hybridized carbons (Fsp3) is 0.576. The molecule has 3 aromatic rings. The minimum Gasteiger partial charge on any atom is -0.508 e. The smallest absolute Gasteiger partial charge is 0.319 e. The maximum atomic E-state index is 16.7. The summed E-state index contributed by atoms with van der Waals surface area (Å²) in [5.41, 5.74) is -0.632. The van der Waals surface area contributed by atoms with Crippen LogP contribution in [0.4, 0.5) is 14.6 Å². The quantitative estimate of drug-likeness (QED) is 0.368.